The van der Waals surface area contributed by atoms with Crippen LogP contribution in [-0.2, 0) is 11.2 Å². The van der Waals surface area contributed by atoms with Crippen LogP contribution in [0.25, 0.3) is 11.3 Å². The fraction of sp³-hybridized carbons (Fsp3) is 0.154. The Kier molecular flexibility index (Phi) is 2.34. The van der Waals surface area contributed by atoms with Crippen LogP contribution in [0.15, 0.2) is 24.3 Å². The second-order valence-electron chi connectivity index (χ2n) is 4.20. The van der Waals surface area contributed by atoms with E-state index in [4.69, 9.17) is 5.26 Å². The lowest BCUT2D eigenvalue weighted by Crippen LogP contribution is -2.18. The van der Waals surface area contributed by atoms with Crippen molar-refractivity contribution in [2.45, 2.75) is 12.8 Å². The summed E-state index contributed by atoms with van der Waals surface area (Å²) in [7, 11) is 0. The molecule has 5 heteroatoms. The van der Waals surface area contributed by atoms with E-state index in [0.29, 0.717) is 12.1 Å². The van der Waals surface area contributed by atoms with E-state index in [1.807, 2.05) is 24.3 Å². The van der Waals surface area contributed by atoms with Crippen LogP contribution in [0.5, 0.6) is 0 Å². The Hall–Kier alpha value is -2.61. The number of rotatable bonds is 1. The first kappa shape index (κ1) is 10.5. The molecule has 5 nitrogen and oxygen atoms in total. The van der Waals surface area contributed by atoms with Gasteiger partial charge in [0.25, 0.3) is 0 Å². The normalized spacial score (nSPS) is 13.6. The lowest BCUT2D eigenvalue weighted by Gasteiger charge is -2.17. The molecule has 1 amide bonds. The molecule has 0 bridgehead atoms. The van der Waals surface area contributed by atoms with Gasteiger partial charge in [0.2, 0.25) is 5.91 Å². The van der Waals surface area contributed by atoms with Crippen molar-refractivity contribution in [3.05, 3.63) is 35.5 Å². The van der Waals surface area contributed by atoms with Gasteiger partial charge in [-0.25, -0.2) is 0 Å². The van der Waals surface area contributed by atoms with Crippen molar-refractivity contribution in [1.29, 1.82) is 5.26 Å². The zero-order valence-electron chi connectivity index (χ0n) is 9.53. The van der Waals surface area contributed by atoms with Crippen molar-refractivity contribution in [2.75, 3.05) is 5.32 Å². The molecule has 0 spiro atoms. The minimum atomic E-state index is 0.0588. The summed E-state index contributed by atoms with van der Waals surface area (Å²) in [4.78, 5) is 11.3. The largest absolute Gasteiger partial charge is 0.326 e. The molecular formula is C13H10N4O. The molecule has 0 fully saturated rings. The third-order valence-corrected chi connectivity index (χ3v) is 3.00. The van der Waals surface area contributed by atoms with Gasteiger partial charge in [0.15, 0.2) is 5.69 Å². The number of hydrogen-bond donors (Lipinski definition) is 2. The fourth-order valence-corrected chi connectivity index (χ4v) is 2.08. The summed E-state index contributed by atoms with van der Waals surface area (Å²) < 4.78 is 0. The summed E-state index contributed by atoms with van der Waals surface area (Å²) in [6.07, 6.45) is 1.26. The van der Waals surface area contributed by atoms with Crippen LogP contribution < -0.4 is 5.32 Å². The highest BCUT2D eigenvalue weighted by atomic mass is 16.1. The molecule has 88 valence electrons. The Morgan fingerprint density at radius 2 is 2.17 bits per heavy atom. The van der Waals surface area contributed by atoms with Gasteiger partial charge in [-0.15, -0.1) is 0 Å². The average Bonchev–Trinajstić information content (AvgIpc) is 2.87. The number of aromatic nitrogens is 2. The van der Waals surface area contributed by atoms with Gasteiger partial charge in [0.1, 0.15) is 6.07 Å². The van der Waals surface area contributed by atoms with E-state index in [1.54, 1.807) is 6.07 Å². The van der Waals surface area contributed by atoms with Crippen molar-refractivity contribution in [3.8, 4) is 17.3 Å². The van der Waals surface area contributed by atoms with Crippen molar-refractivity contribution in [3.63, 3.8) is 0 Å². The summed E-state index contributed by atoms with van der Waals surface area (Å²) in [5, 5.41) is 18.3. The number of nitrogens with one attached hydrogen (secondary N) is 2. The Morgan fingerprint density at radius 1 is 1.28 bits per heavy atom. The highest BCUT2D eigenvalue weighted by Crippen LogP contribution is 2.27. The first-order chi connectivity index (χ1) is 8.76. The Balaban J connectivity index is 2.00. The standard InChI is InChI=1S/C13H10N4O/c14-7-10-6-12(17-16-10)9-1-3-11-8(5-9)2-4-13(18)15-11/h1,3,5-6H,2,4H2,(H,15,18)(H,16,17). The number of amides is 1. The molecule has 1 aliphatic heterocycles. The molecule has 2 aromatic rings. The van der Waals surface area contributed by atoms with E-state index in [0.717, 1.165) is 28.9 Å². The van der Waals surface area contributed by atoms with Gasteiger partial charge in [-0.3, -0.25) is 9.89 Å². The second kappa shape index (κ2) is 4.00. The smallest absolute Gasteiger partial charge is 0.224 e. The van der Waals surface area contributed by atoms with Gasteiger partial charge >= 0.3 is 0 Å². The highest BCUT2D eigenvalue weighted by molar-refractivity contribution is 5.94. The van der Waals surface area contributed by atoms with Crippen molar-refractivity contribution in [2.24, 2.45) is 0 Å². The number of aryl methyl sites for hydroxylation is 1. The van der Waals surface area contributed by atoms with E-state index in [2.05, 4.69) is 15.5 Å². The summed E-state index contributed by atoms with van der Waals surface area (Å²) in [6, 6.07) is 9.50. The van der Waals surface area contributed by atoms with Gasteiger partial charge < -0.3 is 5.32 Å². The van der Waals surface area contributed by atoms with Gasteiger partial charge in [-0.2, -0.15) is 10.4 Å². The first-order valence-electron chi connectivity index (χ1n) is 5.65. The third-order valence-electron chi connectivity index (χ3n) is 3.00. The van der Waals surface area contributed by atoms with Crippen LogP contribution in [0.3, 0.4) is 0 Å². The molecule has 2 heterocycles. The molecule has 3 rings (SSSR count). The van der Waals surface area contributed by atoms with E-state index < -0.39 is 0 Å². The van der Waals surface area contributed by atoms with Crippen molar-refractivity contribution in [1.82, 2.24) is 10.2 Å². The number of benzene rings is 1. The van der Waals surface area contributed by atoms with Crippen LogP contribution >= 0.6 is 0 Å². The maximum absolute atomic E-state index is 11.3. The number of nitriles is 1. The van der Waals surface area contributed by atoms with Gasteiger partial charge in [-0.05, 0) is 29.7 Å². The highest BCUT2D eigenvalue weighted by Gasteiger charge is 2.15. The third kappa shape index (κ3) is 1.74. The first-order valence-corrected chi connectivity index (χ1v) is 5.65. The quantitative estimate of drug-likeness (QED) is 0.795. The fourth-order valence-electron chi connectivity index (χ4n) is 2.08. The van der Waals surface area contributed by atoms with Crippen LogP contribution in [0.1, 0.15) is 17.7 Å². The number of fused-ring (bicyclic) bond motifs is 1. The molecule has 0 atom stereocenters. The lowest BCUT2D eigenvalue weighted by atomic mass is 9.99. The maximum Gasteiger partial charge on any atom is 0.224 e. The molecule has 1 aromatic carbocycles. The predicted octanol–water partition coefficient (Wildman–Crippen LogP) is 1.83. The molecule has 0 aliphatic carbocycles. The second-order valence-corrected chi connectivity index (χ2v) is 4.20. The number of nitrogens with zero attached hydrogens (tertiary/aromatic N) is 2. The van der Waals surface area contributed by atoms with Crippen LogP contribution in [0.4, 0.5) is 5.69 Å². The number of carbonyl (C=O) groups excluding carboxylic acids is 1. The molecule has 1 aliphatic rings. The molecular weight excluding hydrogens is 228 g/mol. The van der Waals surface area contributed by atoms with Crippen LogP contribution in [0, 0.1) is 11.3 Å². The molecule has 2 N–H and O–H groups in total. The zero-order valence-corrected chi connectivity index (χ0v) is 9.53. The van der Waals surface area contributed by atoms with E-state index in [1.165, 1.54) is 0 Å². The number of hydrogen-bond acceptors (Lipinski definition) is 3. The molecule has 0 saturated heterocycles. The Morgan fingerprint density at radius 3 is 2.94 bits per heavy atom. The molecule has 0 unspecified atom stereocenters. The molecule has 18 heavy (non-hydrogen) atoms. The molecule has 1 aromatic heterocycles. The SMILES string of the molecule is N#Cc1cc(-c2ccc3c(c2)CCC(=O)N3)[nH]n1. The Bertz CT molecular complexity index is 666. The van der Waals surface area contributed by atoms with Gasteiger partial charge in [0.05, 0.1) is 5.69 Å². The number of carbonyl (C=O) groups is 1. The minimum absolute atomic E-state index is 0.0588. The van der Waals surface area contributed by atoms with Gasteiger partial charge in [0, 0.05) is 18.2 Å². The number of anilines is 1. The average molecular weight is 238 g/mol. The van der Waals surface area contributed by atoms with Crippen LogP contribution in [0.2, 0.25) is 0 Å². The molecule has 0 radical (unpaired) electrons. The minimum Gasteiger partial charge on any atom is -0.326 e. The summed E-state index contributed by atoms with van der Waals surface area (Å²) >= 11 is 0. The summed E-state index contributed by atoms with van der Waals surface area (Å²) in [5.41, 5.74) is 4.14. The summed E-state index contributed by atoms with van der Waals surface area (Å²) in [5.74, 6) is 0.0588. The van der Waals surface area contributed by atoms with E-state index >= 15 is 0 Å². The topological polar surface area (TPSA) is 81.6 Å². The Labute approximate surface area is 103 Å². The monoisotopic (exact) mass is 238 g/mol. The van der Waals surface area contributed by atoms with E-state index in [9.17, 15) is 4.79 Å². The predicted molar refractivity (Wildman–Crippen MR) is 65.7 cm³/mol. The van der Waals surface area contributed by atoms with Crippen molar-refractivity contribution < 1.29 is 4.79 Å². The zero-order chi connectivity index (χ0) is 12.5. The lowest BCUT2D eigenvalue weighted by molar-refractivity contribution is -0.116. The number of aromatic amines is 1. The maximum atomic E-state index is 11.3. The van der Waals surface area contributed by atoms with Crippen molar-refractivity contribution >= 4 is 11.6 Å². The number of H-pyrrole nitrogens is 1. The van der Waals surface area contributed by atoms with Crippen LogP contribution in [-0.4, -0.2) is 16.1 Å². The molecule has 0 saturated carbocycles. The van der Waals surface area contributed by atoms with E-state index in [-0.39, 0.29) is 5.91 Å². The summed E-state index contributed by atoms with van der Waals surface area (Å²) in [6.45, 7) is 0. The van der Waals surface area contributed by atoms with Gasteiger partial charge in [-0.1, -0.05) is 6.07 Å².